The molecule has 0 radical (unpaired) electrons. The number of unbranched alkanes of at least 4 members (excludes halogenated alkanes) is 2. The standard InChI is InChI=1S/C5H13N.C5H10O/c1-5(2,3)6-4;1-2-3-4-5-6/h6H,1-4H3;5H,2-4H2,1H3. The van der Waals surface area contributed by atoms with Crippen LogP contribution in [0, 0.1) is 0 Å². The van der Waals surface area contributed by atoms with Crippen LogP contribution in [0.1, 0.15) is 47.0 Å². The summed E-state index contributed by atoms with van der Waals surface area (Å²) in [7, 11) is 1.96. The number of nitrogens with one attached hydrogen (secondary N) is 1. The van der Waals surface area contributed by atoms with Crippen LogP contribution in [0.4, 0.5) is 0 Å². The fourth-order valence-corrected chi connectivity index (χ4v) is 0.287. The fraction of sp³-hybridized carbons (Fsp3) is 0.900. The van der Waals surface area contributed by atoms with Crippen LogP contribution in [-0.2, 0) is 4.79 Å². The maximum Gasteiger partial charge on any atom is 0.119 e. The third-order valence-electron chi connectivity index (χ3n) is 1.43. The van der Waals surface area contributed by atoms with Crippen molar-refractivity contribution in [2.24, 2.45) is 0 Å². The van der Waals surface area contributed by atoms with Crippen LogP contribution in [-0.4, -0.2) is 18.9 Å². The molecule has 0 aromatic carbocycles. The van der Waals surface area contributed by atoms with Crippen molar-refractivity contribution in [2.75, 3.05) is 7.05 Å². The Morgan fingerprint density at radius 1 is 1.33 bits per heavy atom. The first kappa shape index (κ1) is 14.2. The van der Waals surface area contributed by atoms with Crippen molar-refractivity contribution in [3.63, 3.8) is 0 Å². The summed E-state index contributed by atoms with van der Waals surface area (Å²) >= 11 is 0. The van der Waals surface area contributed by atoms with Gasteiger partial charge in [-0.2, -0.15) is 0 Å². The van der Waals surface area contributed by atoms with Gasteiger partial charge in [-0.3, -0.25) is 0 Å². The third kappa shape index (κ3) is 22.6. The summed E-state index contributed by atoms with van der Waals surface area (Å²) in [6.45, 7) is 8.47. The average molecular weight is 173 g/mol. The number of hydrogen-bond donors (Lipinski definition) is 1. The molecule has 0 aliphatic rings. The van der Waals surface area contributed by atoms with Crippen molar-refractivity contribution in [1.29, 1.82) is 0 Å². The molecule has 1 N–H and O–H groups in total. The minimum Gasteiger partial charge on any atom is -0.315 e. The molecular formula is C10H23NO. The highest BCUT2D eigenvalue weighted by Crippen LogP contribution is 1.93. The van der Waals surface area contributed by atoms with Gasteiger partial charge < -0.3 is 10.1 Å². The molecule has 0 saturated carbocycles. The Kier molecular flexibility index (Phi) is 10.3. The second-order valence-electron chi connectivity index (χ2n) is 3.81. The van der Waals surface area contributed by atoms with E-state index in [9.17, 15) is 4.79 Å². The fourth-order valence-electron chi connectivity index (χ4n) is 0.287. The van der Waals surface area contributed by atoms with Crippen LogP contribution in [0.5, 0.6) is 0 Å². The Morgan fingerprint density at radius 3 is 1.83 bits per heavy atom. The van der Waals surface area contributed by atoms with Gasteiger partial charge in [0.1, 0.15) is 6.29 Å². The lowest BCUT2D eigenvalue weighted by atomic mass is 10.1. The first-order chi connectivity index (χ1) is 5.47. The van der Waals surface area contributed by atoms with Gasteiger partial charge in [-0.05, 0) is 34.2 Å². The normalized spacial score (nSPS) is 10.1. The molecule has 0 saturated heterocycles. The molecule has 0 rings (SSSR count). The maximum atomic E-state index is 9.56. The van der Waals surface area contributed by atoms with Crippen LogP contribution >= 0.6 is 0 Å². The minimum atomic E-state index is 0.292. The minimum absolute atomic E-state index is 0.292. The molecule has 0 spiro atoms. The van der Waals surface area contributed by atoms with E-state index in [2.05, 4.69) is 33.0 Å². The summed E-state index contributed by atoms with van der Waals surface area (Å²) in [4.78, 5) is 9.56. The largest absolute Gasteiger partial charge is 0.315 e. The molecular weight excluding hydrogens is 150 g/mol. The molecule has 0 aliphatic heterocycles. The zero-order chi connectivity index (χ0) is 10.0. The first-order valence-electron chi connectivity index (χ1n) is 4.60. The SMILES string of the molecule is CCCCC=O.CNC(C)(C)C. The Balaban J connectivity index is 0. The van der Waals surface area contributed by atoms with Gasteiger partial charge in [0.2, 0.25) is 0 Å². The highest BCUT2D eigenvalue weighted by molar-refractivity contribution is 5.48. The van der Waals surface area contributed by atoms with Crippen molar-refractivity contribution in [1.82, 2.24) is 5.32 Å². The second-order valence-corrected chi connectivity index (χ2v) is 3.81. The van der Waals surface area contributed by atoms with Gasteiger partial charge in [-0.1, -0.05) is 13.3 Å². The summed E-state index contributed by atoms with van der Waals surface area (Å²) in [6, 6.07) is 0. The van der Waals surface area contributed by atoms with Gasteiger partial charge in [0.15, 0.2) is 0 Å². The van der Waals surface area contributed by atoms with E-state index in [0.29, 0.717) is 5.54 Å². The Hall–Kier alpha value is -0.370. The van der Waals surface area contributed by atoms with Gasteiger partial charge in [0.25, 0.3) is 0 Å². The Morgan fingerprint density at radius 2 is 1.75 bits per heavy atom. The predicted octanol–water partition coefficient (Wildman–Crippen LogP) is 2.38. The maximum absolute atomic E-state index is 9.56. The van der Waals surface area contributed by atoms with Crippen LogP contribution in [0.3, 0.4) is 0 Å². The van der Waals surface area contributed by atoms with Crippen molar-refractivity contribution < 1.29 is 4.79 Å². The molecule has 2 nitrogen and oxygen atoms in total. The molecule has 0 bridgehead atoms. The lowest BCUT2D eigenvalue weighted by Crippen LogP contribution is -2.31. The Labute approximate surface area is 76.7 Å². The molecule has 0 atom stereocenters. The van der Waals surface area contributed by atoms with Gasteiger partial charge in [-0.15, -0.1) is 0 Å². The summed E-state index contributed by atoms with van der Waals surface area (Å²) in [5.74, 6) is 0. The smallest absolute Gasteiger partial charge is 0.119 e. The van der Waals surface area contributed by atoms with Crippen LogP contribution < -0.4 is 5.32 Å². The van der Waals surface area contributed by atoms with Crippen LogP contribution in [0.2, 0.25) is 0 Å². The second kappa shape index (κ2) is 8.72. The van der Waals surface area contributed by atoms with Gasteiger partial charge >= 0.3 is 0 Å². The molecule has 74 valence electrons. The zero-order valence-corrected chi connectivity index (χ0v) is 9.11. The van der Waals surface area contributed by atoms with Crippen molar-refractivity contribution in [2.45, 2.75) is 52.5 Å². The molecule has 0 amide bonds. The van der Waals surface area contributed by atoms with Crippen LogP contribution in [0.15, 0.2) is 0 Å². The lowest BCUT2D eigenvalue weighted by molar-refractivity contribution is -0.107. The van der Waals surface area contributed by atoms with E-state index >= 15 is 0 Å². The number of carbonyl (C=O) groups excluding carboxylic acids is 1. The topological polar surface area (TPSA) is 29.1 Å². The number of carbonyl (C=O) groups is 1. The predicted molar refractivity (Wildman–Crippen MR) is 54.4 cm³/mol. The van der Waals surface area contributed by atoms with Crippen LogP contribution in [0.25, 0.3) is 0 Å². The molecule has 0 aliphatic carbocycles. The number of hydrogen-bond acceptors (Lipinski definition) is 2. The Bertz CT molecular complexity index is 94.5. The summed E-state index contributed by atoms with van der Waals surface area (Å²) in [5.41, 5.74) is 0.292. The molecule has 2 heteroatoms. The summed E-state index contributed by atoms with van der Waals surface area (Å²) in [6.07, 6.45) is 3.86. The van der Waals surface area contributed by atoms with Crippen molar-refractivity contribution >= 4 is 6.29 Å². The highest BCUT2D eigenvalue weighted by Gasteiger charge is 2.01. The van der Waals surface area contributed by atoms with Crippen molar-refractivity contribution in [3.05, 3.63) is 0 Å². The van der Waals surface area contributed by atoms with E-state index in [1.807, 2.05) is 7.05 Å². The average Bonchev–Trinajstić information content (AvgIpc) is 2.01. The van der Waals surface area contributed by atoms with Gasteiger partial charge in [0.05, 0.1) is 0 Å². The zero-order valence-electron chi connectivity index (χ0n) is 9.11. The summed E-state index contributed by atoms with van der Waals surface area (Å²) < 4.78 is 0. The highest BCUT2D eigenvalue weighted by atomic mass is 16.1. The van der Waals surface area contributed by atoms with E-state index in [1.165, 1.54) is 0 Å². The third-order valence-corrected chi connectivity index (χ3v) is 1.43. The quantitative estimate of drug-likeness (QED) is 0.524. The first-order valence-corrected chi connectivity index (χ1v) is 4.60. The van der Waals surface area contributed by atoms with E-state index in [-0.39, 0.29) is 0 Å². The van der Waals surface area contributed by atoms with E-state index < -0.39 is 0 Å². The van der Waals surface area contributed by atoms with Gasteiger partial charge in [0, 0.05) is 12.0 Å². The lowest BCUT2D eigenvalue weighted by Gasteiger charge is -2.15. The molecule has 0 unspecified atom stereocenters. The number of aldehydes is 1. The molecule has 0 fully saturated rings. The van der Waals surface area contributed by atoms with E-state index in [1.54, 1.807) is 0 Å². The van der Waals surface area contributed by atoms with Gasteiger partial charge in [-0.25, -0.2) is 0 Å². The van der Waals surface area contributed by atoms with Crippen molar-refractivity contribution in [3.8, 4) is 0 Å². The van der Waals surface area contributed by atoms with E-state index in [0.717, 1.165) is 25.5 Å². The monoisotopic (exact) mass is 173 g/mol. The molecule has 0 heterocycles. The molecule has 0 aromatic rings. The van der Waals surface area contributed by atoms with E-state index in [4.69, 9.17) is 0 Å². The molecule has 12 heavy (non-hydrogen) atoms. The number of rotatable bonds is 3. The summed E-state index contributed by atoms with van der Waals surface area (Å²) in [5, 5.41) is 3.10. The molecule has 0 aromatic heterocycles.